The molecule has 0 atom stereocenters. The predicted octanol–water partition coefficient (Wildman–Crippen LogP) is 4.37. The largest absolute Gasteiger partial charge is 0.496 e. The van der Waals surface area contributed by atoms with Crippen LogP contribution in [0.2, 0.25) is 0 Å². The number of anilines is 1. The zero-order valence-electron chi connectivity index (χ0n) is 18.6. The number of carbonyl (C=O) groups excluding carboxylic acids is 1. The van der Waals surface area contributed by atoms with Crippen LogP contribution in [0.4, 0.5) is 5.69 Å². The first kappa shape index (κ1) is 20.5. The minimum atomic E-state index is -0.192. The van der Waals surface area contributed by atoms with Gasteiger partial charge in [0.1, 0.15) is 11.5 Å². The summed E-state index contributed by atoms with van der Waals surface area (Å²) in [5.41, 5.74) is 4.21. The van der Waals surface area contributed by atoms with Crippen LogP contribution < -0.4 is 14.8 Å². The van der Waals surface area contributed by atoms with Gasteiger partial charge in [-0.25, -0.2) is 0 Å². The summed E-state index contributed by atoms with van der Waals surface area (Å²) in [6, 6.07) is 18.2. The highest BCUT2D eigenvalue weighted by Gasteiger charge is 2.42. The van der Waals surface area contributed by atoms with Crippen molar-refractivity contribution in [1.82, 2.24) is 9.47 Å². The van der Waals surface area contributed by atoms with Crippen molar-refractivity contribution in [2.45, 2.75) is 31.7 Å². The van der Waals surface area contributed by atoms with Crippen LogP contribution in [0, 0.1) is 0 Å². The van der Waals surface area contributed by atoms with E-state index in [9.17, 15) is 4.79 Å². The standard InChI is InChI=1S/C26H29N3O3/c1-3-32-20-10-11-22-21(18-20)27-26(24-9-6-14-29(22)24)12-15-28(16-13-26)25(30)17-19-7-4-5-8-23(19)31-2/h4-11,14,18,27H,3,12-13,15-17H2,1-2H3. The van der Waals surface area contributed by atoms with Gasteiger partial charge in [-0.2, -0.15) is 0 Å². The van der Waals surface area contributed by atoms with Gasteiger partial charge >= 0.3 is 0 Å². The summed E-state index contributed by atoms with van der Waals surface area (Å²) in [6.45, 7) is 4.07. The second kappa shape index (κ2) is 8.26. The van der Waals surface area contributed by atoms with Crippen LogP contribution in [0.5, 0.6) is 11.5 Å². The lowest BCUT2D eigenvalue weighted by atomic mass is 9.82. The summed E-state index contributed by atoms with van der Waals surface area (Å²) >= 11 is 0. The molecule has 0 unspecified atom stereocenters. The average Bonchev–Trinajstić information content (AvgIpc) is 3.31. The number of rotatable bonds is 5. The first-order valence-electron chi connectivity index (χ1n) is 11.3. The summed E-state index contributed by atoms with van der Waals surface area (Å²) < 4.78 is 13.4. The number of carbonyl (C=O) groups is 1. The first-order chi connectivity index (χ1) is 15.6. The molecule has 0 saturated carbocycles. The number of amides is 1. The molecule has 3 heterocycles. The molecule has 5 rings (SSSR count). The third kappa shape index (κ3) is 3.49. The fourth-order valence-electron chi connectivity index (χ4n) is 5.03. The Morgan fingerprint density at radius 1 is 1.09 bits per heavy atom. The van der Waals surface area contributed by atoms with Crippen LogP contribution in [0.25, 0.3) is 5.69 Å². The SMILES string of the molecule is CCOc1ccc2c(c1)NC1(CCN(C(=O)Cc3ccccc3OC)CC1)c1cccn1-2. The maximum atomic E-state index is 13.0. The molecule has 166 valence electrons. The lowest BCUT2D eigenvalue weighted by molar-refractivity contribution is -0.132. The van der Waals surface area contributed by atoms with Crippen LogP contribution >= 0.6 is 0 Å². The van der Waals surface area contributed by atoms with Gasteiger partial charge in [0.05, 0.1) is 37.1 Å². The Labute approximate surface area is 188 Å². The topological polar surface area (TPSA) is 55.7 Å². The van der Waals surface area contributed by atoms with E-state index in [2.05, 4.69) is 40.3 Å². The Balaban J connectivity index is 1.35. The molecule has 0 radical (unpaired) electrons. The molecule has 1 spiro atoms. The number of methoxy groups -OCH3 is 1. The van der Waals surface area contributed by atoms with Crippen LogP contribution in [0.15, 0.2) is 60.8 Å². The predicted molar refractivity (Wildman–Crippen MR) is 125 cm³/mol. The number of likely N-dealkylation sites (tertiary alicyclic amines) is 1. The van der Waals surface area contributed by atoms with Crippen molar-refractivity contribution in [1.29, 1.82) is 0 Å². The molecule has 1 N–H and O–H groups in total. The third-order valence-corrected chi connectivity index (χ3v) is 6.66. The van der Waals surface area contributed by atoms with E-state index in [0.29, 0.717) is 26.1 Å². The number of para-hydroxylation sites is 1. The lowest BCUT2D eigenvalue weighted by Crippen LogP contribution is -2.51. The number of nitrogens with one attached hydrogen (secondary N) is 1. The van der Waals surface area contributed by atoms with E-state index in [4.69, 9.17) is 9.47 Å². The summed E-state index contributed by atoms with van der Waals surface area (Å²) in [6.07, 6.45) is 4.19. The number of hydrogen-bond donors (Lipinski definition) is 1. The fraction of sp³-hybridized carbons (Fsp3) is 0.346. The molecule has 1 fully saturated rings. The Morgan fingerprint density at radius 3 is 2.69 bits per heavy atom. The van der Waals surface area contributed by atoms with Crippen molar-refractivity contribution >= 4 is 11.6 Å². The summed E-state index contributed by atoms with van der Waals surface area (Å²) in [5, 5.41) is 3.82. The van der Waals surface area contributed by atoms with Crippen LogP contribution in [-0.4, -0.2) is 42.2 Å². The number of nitrogens with zero attached hydrogens (tertiary/aromatic N) is 2. The van der Waals surface area contributed by atoms with Gasteiger partial charge in [-0.1, -0.05) is 18.2 Å². The maximum absolute atomic E-state index is 13.0. The van der Waals surface area contributed by atoms with E-state index in [1.165, 1.54) is 5.69 Å². The van der Waals surface area contributed by atoms with Gasteiger partial charge in [0.15, 0.2) is 0 Å². The van der Waals surface area contributed by atoms with Crippen molar-refractivity contribution in [3.8, 4) is 17.2 Å². The minimum Gasteiger partial charge on any atom is -0.496 e. The van der Waals surface area contributed by atoms with E-state index in [0.717, 1.165) is 41.3 Å². The van der Waals surface area contributed by atoms with E-state index in [1.54, 1.807) is 7.11 Å². The second-order valence-corrected chi connectivity index (χ2v) is 8.45. The molecule has 6 heteroatoms. The molecule has 32 heavy (non-hydrogen) atoms. The van der Waals surface area contributed by atoms with E-state index in [1.807, 2.05) is 42.2 Å². The summed E-state index contributed by atoms with van der Waals surface area (Å²) in [4.78, 5) is 15.0. The molecule has 2 aliphatic rings. The van der Waals surface area contributed by atoms with Crippen molar-refractivity contribution in [2.24, 2.45) is 0 Å². The average molecular weight is 432 g/mol. The van der Waals surface area contributed by atoms with Gasteiger partial charge in [-0.3, -0.25) is 4.79 Å². The van der Waals surface area contributed by atoms with Gasteiger partial charge < -0.3 is 24.3 Å². The Hall–Kier alpha value is -3.41. The van der Waals surface area contributed by atoms with Gasteiger partial charge in [-0.15, -0.1) is 0 Å². The normalized spacial score (nSPS) is 16.1. The number of ether oxygens (including phenoxy) is 2. The van der Waals surface area contributed by atoms with Crippen LogP contribution in [-0.2, 0) is 16.8 Å². The molecule has 6 nitrogen and oxygen atoms in total. The minimum absolute atomic E-state index is 0.148. The van der Waals surface area contributed by atoms with Gasteiger partial charge in [-0.05, 0) is 50.1 Å². The highest BCUT2D eigenvalue weighted by molar-refractivity contribution is 5.80. The monoisotopic (exact) mass is 431 g/mol. The van der Waals surface area contributed by atoms with Gasteiger partial charge in [0.25, 0.3) is 0 Å². The number of aromatic nitrogens is 1. The zero-order valence-corrected chi connectivity index (χ0v) is 18.6. The summed E-state index contributed by atoms with van der Waals surface area (Å²) in [7, 11) is 1.65. The second-order valence-electron chi connectivity index (χ2n) is 8.45. The molecule has 3 aromatic rings. The molecule has 0 bridgehead atoms. The number of benzene rings is 2. The van der Waals surface area contributed by atoms with Crippen LogP contribution in [0.3, 0.4) is 0 Å². The van der Waals surface area contributed by atoms with Crippen molar-refractivity contribution in [2.75, 3.05) is 32.1 Å². The smallest absolute Gasteiger partial charge is 0.227 e. The molecule has 2 aliphatic heterocycles. The van der Waals surface area contributed by atoms with Crippen molar-refractivity contribution in [3.05, 3.63) is 72.1 Å². The zero-order chi connectivity index (χ0) is 22.1. The summed E-state index contributed by atoms with van der Waals surface area (Å²) in [5.74, 6) is 1.78. The molecule has 1 amide bonds. The van der Waals surface area contributed by atoms with E-state index < -0.39 is 0 Å². The van der Waals surface area contributed by atoms with E-state index >= 15 is 0 Å². The van der Waals surface area contributed by atoms with Crippen LogP contribution in [0.1, 0.15) is 31.0 Å². The highest BCUT2D eigenvalue weighted by atomic mass is 16.5. The van der Waals surface area contributed by atoms with Gasteiger partial charge in [0, 0.05) is 36.6 Å². The number of piperidine rings is 1. The van der Waals surface area contributed by atoms with Gasteiger partial charge in [0.2, 0.25) is 5.91 Å². The van der Waals surface area contributed by atoms with Crippen molar-refractivity contribution < 1.29 is 14.3 Å². The Kier molecular flexibility index (Phi) is 5.29. The Morgan fingerprint density at radius 2 is 1.91 bits per heavy atom. The molecule has 1 aromatic heterocycles. The molecular weight excluding hydrogens is 402 g/mol. The first-order valence-corrected chi connectivity index (χ1v) is 11.3. The maximum Gasteiger partial charge on any atom is 0.227 e. The number of fused-ring (bicyclic) bond motifs is 4. The number of hydrogen-bond acceptors (Lipinski definition) is 4. The molecule has 0 aliphatic carbocycles. The molecule has 2 aromatic carbocycles. The lowest BCUT2D eigenvalue weighted by Gasteiger charge is -2.46. The fourth-order valence-corrected chi connectivity index (χ4v) is 5.03. The highest BCUT2D eigenvalue weighted by Crippen LogP contribution is 2.44. The molecular formula is C26H29N3O3. The Bertz CT molecular complexity index is 1130. The molecule has 1 saturated heterocycles. The third-order valence-electron chi connectivity index (χ3n) is 6.66. The quantitative estimate of drug-likeness (QED) is 0.652. The van der Waals surface area contributed by atoms with Crippen molar-refractivity contribution in [3.63, 3.8) is 0 Å². The van der Waals surface area contributed by atoms with E-state index in [-0.39, 0.29) is 11.4 Å².